The molecule has 164 valence electrons. The predicted octanol–water partition coefficient (Wildman–Crippen LogP) is 3.65. The van der Waals surface area contributed by atoms with Crippen molar-refractivity contribution in [3.8, 4) is 11.5 Å². The van der Waals surface area contributed by atoms with E-state index in [0.717, 1.165) is 5.56 Å². The molecule has 0 heterocycles. The standard InChI is InChI=1S/C23H34N2O4Si/c1-17(18-11-8-7-9-12-18)24-20(26)14-15-21(27)25-19(22(28)29)13-10-16-30(5,6)23(2,3)4/h7-9,11-12,17,19H,13-15H2,1-6H3,(H,24,26)(H,25,27)(H,28,29)/t17-,19+/m1/s1. The summed E-state index contributed by atoms with van der Waals surface area (Å²) in [6.45, 7) is 12.6. The van der Waals surface area contributed by atoms with Crippen molar-refractivity contribution >= 4 is 25.9 Å². The quantitative estimate of drug-likeness (QED) is 0.433. The monoisotopic (exact) mass is 430 g/mol. The summed E-state index contributed by atoms with van der Waals surface area (Å²) in [5.74, 6) is 1.10. The van der Waals surface area contributed by atoms with Crippen molar-refractivity contribution < 1.29 is 19.5 Å². The Morgan fingerprint density at radius 2 is 1.57 bits per heavy atom. The normalized spacial score (nSPS) is 13.4. The Balaban J connectivity index is 2.54. The highest BCUT2D eigenvalue weighted by atomic mass is 28.3. The van der Waals surface area contributed by atoms with E-state index < -0.39 is 26.0 Å². The number of carboxylic acids is 1. The summed E-state index contributed by atoms with van der Waals surface area (Å²) in [7, 11) is -1.84. The number of aliphatic carboxylic acids is 1. The third-order valence-corrected chi connectivity index (χ3v) is 10.0. The molecule has 0 aliphatic rings. The molecular weight excluding hydrogens is 396 g/mol. The van der Waals surface area contributed by atoms with Crippen molar-refractivity contribution in [2.24, 2.45) is 0 Å². The van der Waals surface area contributed by atoms with Crippen LogP contribution in [0.25, 0.3) is 0 Å². The summed E-state index contributed by atoms with van der Waals surface area (Å²) in [5.41, 5.74) is 4.23. The van der Waals surface area contributed by atoms with Crippen LogP contribution in [0.1, 0.15) is 58.6 Å². The number of hydrogen-bond donors (Lipinski definition) is 3. The zero-order valence-corrected chi connectivity index (χ0v) is 19.8. The summed E-state index contributed by atoms with van der Waals surface area (Å²) in [5, 5.41) is 14.8. The Hall–Kier alpha value is -2.59. The van der Waals surface area contributed by atoms with E-state index in [1.165, 1.54) is 0 Å². The van der Waals surface area contributed by atoms with Gasteiger partial charge in [-0.05, 0) is 17.5 Å². The lowest BCUT2D eigenvalue weighted by atomic mass is 10.1. The van der Waals surface area contributed by atoms with Gasteiger partial charge in [0.15, 0.2) is 0 Å². The first-order valence-electron chi connectivity index (χ1n) is 10.2. The molecule has 0 aromatic heterocycles. The average Bonchev–Trinajstić information content (AvgIpc) is 2.65. The van der Waals surface area contributed by atoms with Crippen LogP contribution in [0.2, 0.25) is 18.1 Å². The number of carbonyl (C=O) groups is 3. The first-order valence-corrected chi connectivity index (χ1v) is 13.2. The van der Waals surface area contributed by atoms with Crippen LogP contribution in [-0.4, -0.2) is 37.0 Å². The third-order valence-electron chi connectivity index (χ3n) is 5.47. The van der Waals surface area contributed by atoms with Crippen molar-refractivity contribution in [2.45, 2.75) is 77.2 Å². The summed E-state index contributed by atoms with van der Waals surface area (Å²) < 4.78 is 0. The fourth-order valence-electron chi connectivity index (χ4n) is 2.39. The van der Waals surface area contributed by atoms with Gasteiger partial charge in [-0.15, -0.1) is 11.5 Å². The van der Waals surface area contributed by atoms with Gasteiger partial charge in [-0.2, -0.15) is 0 Å². The number of benzene rings is 1. The van der Waals surface area contributed by atoms with Crippen LogP contribution in [0.3, 0.4) is 0 Å². The maximum atomic E-state index is 12.1. The highest BCUT2D eigenvalue weighted by Gasteiger charge is 2.33. The Bertz CT molecular complexity index is 804. The molecule has 3 N–H and O–H groups in total. The van der Waals surface area contributed by atoms with Gasteiger partial charge in [0.25, 0.3) is 0 Å². The van der Waals surface area contributed by atoms with Gasteiger partial charge in [0.05, 0.1) is 6.04 Å². The molecule has 1 aromatic carbocycles. The lowest BCUT2D eigenvalue weighted by Crippen LogP contribution is -2.41. The second-order valence-electron chi connectivity index (χ2n) is 9.04. The number of amides is 2. The van der Waals surface area contributed by atoms with Crippen LogP contribution < -0.4 is 10.6 Å². The molecule has 7 heteroatoms. The molecule has 2 amide bonds. The summed E-state index contributed by atoms with van der Waals surface area (Å²) in [6, 6.07) is 8.27. The number of carbonyl (C=O) groups excluding carboxylic acids is 2. The maximum Gasteiger partial charge on any atom is 0.327 e. The third kappa shape index (κ3) is 8.42. The average molecular weight is 431 g/mol. The molecule has 0 fully saturated rings. The van der Waals surface area contributed by atoms with E-state index in [0.29, 0.717) is 0 Å². The van der Waals surface area contributed by atoms with Crippen molar-refractivity contribution in [3.05, 3.63) is 35.9 Å². The largest absolute Gasteiger partial charge is 0.480 e. The molecule has 0 unspecified atom stereocenters. The van der Waals surface area contributed by atoms with Gasteiger partial charge < -0.3 is 15.7 Å². The first-order chi connectivity index (χ1) is 13.8. The van der Waals surface area contributed by atoms with Gasteiger partial charge in [-0.3, -0.25) is 9.59 Å². The van der Waals surface area contributed by atoms with Crippen molar-refractivity contribution in [1.82, 2.24) is 10.6 Å². The molecule has 0 aliphatic heterocycles. The van der Waals surface area contributed by atoms with Crippen LogP contribution in [-0.2, 0) is 14.4 Å². The fraction of sp³-hybridized carbons (Fsp3) is 0.522. The Labute approximate surface area is 180 Å². The Morgan fingerprint density at radius 1 is 1.03 bits per heavy atom. The molecule has 0 bridgehead atoms. The molecule has 6 nitrogen and oxygen atoms in total. The van der Waals surface area contributed by atoms with E-state index in [1.54, 1.807) is 0 Å². The van der Waals surface area contributed by atoms with Crippen molar-refractivity contribution in [1.29, 1.82) is 0 Å². The maximum absolute atomic E-state index is 12.1. The molecule has 0 aliphatic carbocycles. The van der Waals surface area contributed by atoms with Gasteiger partial charge in [0.1, 0.15) is 14.1 Å². The molecule has 2 atom stereocenters. The minimum atomic E-state index is -1.84. The number of rotatable bonds is 8. The van der Waals surface area contributed by atoms with E-state index >= 15 is 0 Å². The Morgan fingerprint density at radius 3 is 2.07 bits per heavy atom. The molecule has 0 radical (unpaired) electrons. The minimum Gasteiger partial charge on any atom is -0.480 e. The molecule has 1 aromatic rings. The zero-order valence-electron chi connectivity index (χ0n) is 18.8. The lowest BCUT2D eigenvalue weighted by Gasteiger charge is -2.31. The highest BCUT2D eigenvalue weighted by molar-refractivity contribution is 6.87. The van der Waals surface area contributed by atoms with Crippen LogP contribution >= 0.6 is 0 Å². The second-order valence-corrected chi connectivity index (χ2v) is 14.0. The SMILES string of the molecule is C[C@@H](NC(=O)CCC(=O)N[C@@H](CC#C[Si](C)(C)C(C)(C)C)C(=O)O)c1ccccc1. The fourth-order valence-corrected chi connectivity index (χ4v) is 3.31. The van der Waals surface area contributed by atoms with Gasteiger partial charge in [-0.1, -0.05) is 64.2 Å². The molecule has 0 spiro atoms. The van der Waals surface area contributed by atoms with E-state index in [4.69, 9.17) is 0 Å². The van der Waals surface area contributed by atoms with E-state index in [2.05, 4.69) is 56.0 Å². The summed E-state index contributed by atoms with van der Waals surface area (Å²) in [6.07, 6.45) is -0.0391. The van der Waals surface area contributed by atoms with Gasteiger partial charge in [0, 0.05) is 19.3 Å². The number of hydrogen-bond acceptors (Lipinski definition) is 3. The molecular formula is C23H34N2O4Si. The summed E-state index contributed by atoms with van der Waals surface area (Å²) in [4.78, 5) is 35.7. The van der Waals surface area contributed by atoms with E-state index in [9.17, 15) is 19.5 Å². The van der Waals surface area contributed by atoms with Crippen LogP contribution in [0.15, 0.2) is 30.3 Å². The van der Waals surface area contributed by atoms with Crippen LogP contribution in [0.4, 0.5) is 0 Å². The van der Waals surface area contributed by atoms with Crippen molar-refractivity contribution in [3.63, 3.8) is 0 Å². The van der Waals surface area contributed by atoms with Gasteiger partial charge in [-0.25, -0.2) is 4.79 Å². The molecule has 1 rings (SSSR count). The molecule has 0 saturated carbocycles. The Kier molecular flexibility index (Phi) is 9.31. The second kappa shape index (κ2) is 11.0. The zero-order chi connectivity index (χ0) is 22.9. The van der Waals surface area contributed by atoms with Crippen LogP contribution in [0, 0.1) is 11.5 Å². The van der Waals surface area contributed by atoms with E-state index in [-0.39, 0.29) is 36.2 Å². The van der Waals surface area contributed by atoms with Gasteiger partial charge >= 0.3 is 5.97 Å². The van der Waals surface area contributed by atoms with Crippen LogP contribution in [0.5, 0.6) is 0 Å². The molecule has 0 saturated heterocycles. The van der Waals surface area contributed by atoms with Crippen molar-refractivity contribution in [2.75, 3.05) is 0 Å². The van der Waals surface area contributed by atoms with Gasteiger partial charge in [0.2, 0.25) is 11.8 Å². The smallest absolute Gasteiger partial charge is 0.327 e. The topological polar surface area (TPSA) is 95.5 Å². The lowest BCUT2D eigenvalue weighted by molar-refractivity contribution is -0.141. The predicted molar refractivity (Wildman–Crippen MR) is 121 cm³/mol. The number of nitrogens with one attached hydrogen (secondary N) is 2. The minimum absolute atomic E-state index is 0.00894. The van der Waals surface area contributed by atoms with E-state index in [1.807, 2.05) is 37.3 Å². The highest BCUT2D eigenvalue weighted by Crippen LogP contribution is 2.35. The summed E-state index contributed by atoms with van der Waals surface area (Å²) >= 11 is 0. The number of carboxylic acid groups (broad SMARTS) is 1. The molecule has 30 heavy (non-hydrogen) atoms. The first kappa shape index (κ1) is 25.4.